The van der Waals surface area contributed by atoms with Gasteiger partial charge in [0.05, 0.1) is 21.3 Å². The number of amides is 1. The Bertz CT molecular complexity index is 1110. The van der Waals surface area contributed by atoms with E-state index in [9.17, 15) is 29.4 Å². The number of esters is 1. The Morgan fingerprint density at radius 3 is 2.60 bits per heavy atom. The van der Waals surface area contributed by atoms with Crippen LogP contribution in [0.2, 0.25) is 0 Å². The van der Waals surface area contributed by atoms with Crippen molar-refractivity contribution in [3.8, 4) is 17.6 Å². The Morgan fingerprint density at radius 2 is 2.03 bits per heavy atom. The van der Waals surface area contributed by atoms with Crippen molar-refractivity contribution >= 4 is 51.9 Å². The minimum absolute atomic E-state index is 0.185. The van der Waals surface area contributed by atoms with Crippen molar-refractivity contribution in [1.29, 1.82) is 5.26 Å². The highest BCUT2D eigenvalue weighted by Gasteiger charge is 2.17. The van der Waals surface area contributed by atoms with Gasteiger partial charge in [0.25, 0.3) is 11.6 Å². The Kier molecular flexibility index (Phi) is 7.43. The zero-order valence-corrected chi connectivity index (χ0v) is 17.7. The number of nitrogens with zero attached hydrogens (tertiary/aromatic N) is 2. The molecular weight excluding hydrogens is 512 g/mol. The molecule has 0 saturated carbocycles. The number of hydrogen-bond acceptors (Lipinski definition) is 7. The van der Waals surface area contributed by atoms with Crippen molar-refractivity contribution in [2.24, 2.45) is 0 Å². The summed E-state index contributed by atoms with van der Waals surface area (Å²) in [6.07, 6.45) is 1.22. The van der Waals surface area contributed by atoms with Crippen molar-refractivity contribution in [1.82, 2.24) is 0 Å². The normalized spacial score (nSPS) is 10.7. The van der Waals surface area contributed by atoms with Crippen LogP contribution in [0.15, 0.2) is 35.9 Å². The number of methoxy groups -OCH3 is 1. The Labute approximate surface area is 183 Å². The molecule has 0 aliphatic carbocycles. The molecule has 0 radical (unpaired) electrons. The number of hydrogen-bond donors (Lipinski definition) is 1. The monoisotopic (exact) mass is 525 g/mol. The zero-order valence-electron chi connectivity index (χ0n) is 15.6. The fourth-order valence-electron chi connectivity index (χ4n) is 2.29. The van der Waals surface area contributed by atoms with Crippen molar-refractivity contribution < 1.29 is 28.4 Å². The van der Waals surface area contributed by atoms with Crippen LogP contribution in [0.4, 0.5) is 15.8 Å². The molecule has 1 amide bonds. The quantitative estimate of drug-likeness (QED) is 0.115. The van der Waals surface area contributed by atoms with Gasteiger partial charge in [-0.1, -0.05) is 0 Å². The molecule has 0 bridgehead atoms. The summed E-state index contributed by atoms with van der Waals surface area (Å²) in [4.78, 5) is 33.7. The lowest BCUT2D eigenvalue weighted by molar-refractivity contribution is -0.384. The van der Waals surface area contributed by atoms with E-state index in [1.807, 2.05) is 22.6 Å². The summed E-state index contributed by atoms with van der Waals surface area (Å²) in [5, 5.41) is 22.3. The number of carbonyl (C=O) groups excluding carboxylic acids is 2. The third-order valence-corrected chi connectivity index (χ3v) is 4.38. The molecule has 0 aliphatic heterocycles. The standard InChI is InChI=1S/C19H13FIN3O6/c1-10(25)30-18-15(21)6-11(7-17(18)29-2)5-12(9-22)19(26)23-16-8-13(24(27)28)3-4-14(16)20/h3-8H,1-2H3,(H,23,26). The number of benzene rings is 2. The van der Waals surface area contributed by atoms with E-state index >= 15 is 0 Å². The first kappa shape index (κ1) is 22.8. The van der Waals surface area contributed by atoms with E-state index in [4.69, 9.17) is 9.47 Å². The van der Waals surface area contributed by atoms with E-state index in [2.05, 4.69) is 5.32 Å². The lowest BCUT2D eigenvalue weighted by Gasteiger charge is -2.11. The first-order chi connectivity index (χ1) is 14.2. The van der Waals surface area contributed by atoms with E-state index in [0.717, 1.165) is 18.2 Å². The molecule has 0 heterocycles. The number of non-ortho nitro benzene ring substituents is 1. The van der Waals surface area contributed by atoms with Gasteiger partial charge in [-0.05, 0) is 52.4 Å². The van der Waals surface area contributed by atoms with E-state index in [0.29, 0.717) is 9.13 Å². The molecule has 2 rings (SSSR count). The SMILES string of the molecule is COc1cc(C=C(C#N)C(=O)Nc2cc([N+](=O)[O-])ccc2F)cc(I)c1OC(C)=O. The summed E-state index contributed by atoms with van der Waals surface area (Å²) in [5.41, 5.74) is -0.875. The maximum Gasteiger partial charge on any atom is 0.308 e. The molecule has 154 valence electrons. The van der Waals surface area contributed by atoms with Crippen molar-refractivity contribution in [2.45, 2.75) is 6.92 Å². The molecule has 2 aromatic rings. The third-order valence-electron chi connectivity index (χ3n) is 3.58. The summed E-state index contributed by atoms with van der Waals surface area (Å²) < 4.78 is 24.6. The second-order valence-electron chi connectivity index (χ2n) is 5.67. The second kappa shape index (κ2) is 9.79. The second-order valence-corrected chi connectivity index (χ2v) is 6.84. The van der Waals surface area contributed by atoms with Crippen LogP contribution in [-0.2, 0) is 9.59 Å². The maximum absolute atomic E-state index is 13.9. The van der Waals surface area contributed by atoms with Gasteiger partial charge in [-0.2, -0.15) is 5.26 Å². The fraction of sp³-hybridized carbons (Fsp3) is 0.105. The van der Waals surface area contributed by atoms with Gasteiger partial charge in [0, 0.05) is 19.1 Å². The van der Waals surface area contributed by atoms with Gasteiger partial charge in [0.1, 0.15) is 17.5 Å². The average Bonchev–Trinajstić information content (AvgIpc) is 2.68. The topological polar surface area (TPSA) is 132 Å². The molecule has 11 heteroatoms. The van der Waals surface area contributed by atoms with Crippen LogP contribution in [0.25, 0.3) is 6.08 Å². The van der Waals surface area contributed by atoms with Gasteiger partial charge >= 0.3 is 5.97 Å². The number of nitriles is 1. The molecule has 0 fully saturated rings. The predicted octanol–water partition coefficient (Wildman–Crippen LogP) is 3.82. The highest BCUT2D eigenvalue weighted by Crippen LogP contribution is 2.34. The van der Waals surface area contributed by atoms with Crippen LogP contribution in [0.1, 0.15) is 12.5 Å². The summed E-state index contributed by atoms with van der Waals surface area (Å²) in [6, 6.07) is 7.32. The smallest absolute Gasteiger partial charge is 0.308 e. The Balaban J connectivity index is 2.38. The van der Waals surface area contributed by atoms with Gasteiger partial charge in [-0.3, -0.25) is 19.7 Å². The molecule has 9 nitrogen and oxygen atoms in total. The van der Waals surface area contributed by atoms with Crippen LogP contribution in [0, 0.1) is 30.8 Å². The summed E-state index contributed by atoms with van der Waals surface area (Å²) in [6.45, 7) is 1.23. The highest BCUT2D eigenvalue weighted by atomic mass is 127. The molecule has 30 heavy (non-hydrogen) atoms. The molecule has 0 aliphatic rings. The number of nitrogens with one attached hydrogen (secondary N) is 1. The third kappa shape index (κ3) is 5.51. The minimum atomic E-state index is -0.963. The van der Waals surface area contributed by atoms with Crippen LogP contribution >= 0.6 is 22.6 Å². The van der Waals surface area contributed by atoms with Gasteiger partial charge in [0.2, 0.25) is 0 Å². The molecule has 0 saturated heterocycles. The van der Waals surface area contributed by atoms with Crippen molar-refractivity contribution in [3.05, 3.63) is 61.0 Å². The number of halogens is 2. The van der Waals surface area contributed by atoms with E-state index in [-0.39, 0.29) is 17.1 Å². The molecule has 0 spiro atoms. The van der Waals surface area contributed by atoms with Crippen LogP contribution < -0.4 is 14.8 Å². The molecular formula is C19H13FIN3O6. The Morgan fingerprint density at radius 1 is 1.33 bits per heavy atom. The van der Waals surface area contributed by atoms with E-state index in [1.54, 1.807) is 12.1 Å². The average molecular weight is 525 g/mol. The molecule has 2 aromatic carbocycles. The van der Waals surface area contributed by atoms with Gasteiger partial charge in [-0.15, -0.1) is 0 Å². The van der Waals surface area contributed by atoms with Gasteiger partial charge in [-0.25, -0.2) is 4.39 Å². The number of rotatable bonds is 6. The first-order valence-corrected chi connectivity index (χ1v) is 9.17. The number of carbonyl (C=O) groups is 2. The highest BCUT2D eigenvalue weighted by molar-refractivity contribution is 14.1. The minimum Gasteiger partial charge on any atom is -0.493 e. The summed E-state index contributed by atoms with van der Waals surface area (Å²) in [5.74, 6) is -2.02. The number of ether oxygens (including phenoxy) is 2. The van der Waals surface area contributed by atoms with E-state index in [1.165, 1.54) is 26.2 Å². The van der Waals surface area contributed by atoms with Crippen molar-refractivity contribution in [3.63, 3.8) is 0 Å². The van der Waals surface area contributed by atoms with Crippen LogP contribution in [-0.4, -0.2) is 23.9 Å². The maximum atomic E-state index is 13.9. The molecule has 0 aromatic heterocycles. The number of nitro groups is 1. The van der Waals surface area contributed by atoms with Gasteiger partial charge in [0.15, 0.2) is 11.5 Å². The summed E-state index contributed by atoms with van der Waals surface area (Å²) >= 11 is 1.89. The molecule has 0 atom stereocenters. The predicted molar refractivity (Wildman–Crippen MR) is 112 cm³/mol. The molecule has 1 N–H and O–H groups in total. The summed E-state index contributed by atoms with van der Waals surface area (Å²) in [7, 11) is 1.36. The lowest BCUT2D eigenvalue weighted by atomic mass is 10.1. The number of anilines is 1. The van der Waals surface area contributed by atoms with Gasteiger partial charge < -0.3 is 14.8 Å². The fourth-order valence-corrected chi connectivity index (χ4v) is 3.03. The largest absolute Gasteiger partial charge is 0.493 e. The van der Waals surface area contributed by atoms with Crippen LogP contribution in [0.5, 0.6) is 11.5 Å². The Hall–Kier alpha value is -3.53. The van der Waals surface area contributed by atoms with Crippen molar-refractivity contribution in [2.75, 3.05) is 12.4 Å². The van der Waals surface area contributed by atoms with E-state index < -0.39 is 34.0 Å². The van der Waals surface area contributed by atoms with Crippen LogP contribution in [0.3, 0.4) is 0 Å². The lowest BCUT2D eigenvalue weighted by Crippen LogP contribution is -2.14. The number of nitro benzene ring substituents is 1. The molecule has 0 unspecified atom stereocenters. The first-order valence-electron chi connectivity index (χ1n) is 8.09. The zero-order chi connectivity index (χ0) is 22.4.